The summed E-state index contributed by atoms with van der Waals surface area (Å²) >= 11 is 4.92. The first-order valence-electron chi connectivity index (χ1n) is 4.97. The third-order valence-corrected chi connectivity index (χ3v) is 2.59. The Bertz CT molecular complexity index is 447. The predicted molar refractivity (Wildman–Crippen MR) is 67.3 cm³/mol. The fourth-order valence-electron chi connectivity index (χ4n) is 1.62. The van der Waals surface area contributed by atoms with Gasteiger partial charge in [0, 0.05) is 12.6 Å². The van der Waals surface area contributed by atoms with Crippen molar-refractivity contribution >= 4 is 23.5 Å². The molecule has 1 unspecified atom stereocenters. The Labute approximate surface area is 104 Å². The molecule has 0 amide bonds. The Morgan fingerprint density at radius 3 is 2.65 bits per heavy atom. The number of aliphatic imine (C=N–C) groups is 1. The molecule has 1 heterocycles. The summed E-state index contributed by atoms with van der Waals surface area (Å²) in [4.78, 5) is 4.26. The standard InChI is InChI=1S/C10H12FN5S/c1-13-16-10(12)14-9(15(16)6-17)7-2-4-8(11)5-3-7/h2-6,10,13H,12H2,1H3. The van der Waals surface area contributed by atoms with Gasteiger partial charge in [-0.3, -0.25) is 5.73 Å². The number of benzene rings is 1. The minimum atomic E-state index is -0.556. The van der Waals surface area contributed by atoms with Gasteiger partial charge in [-0.1, -0.05) is 12.2 Å². The Morgan fingerprint density at radius 1 is 1.47 bits per heavy atom. The summed E-state index contributed by atoms with van der Waals surface area (Å²) in [5.74, 6) is 0.290. The number of hydrogen-bond donors (Lipinski definition) is 2. The normalized spacial score (nSPS) is 20.5. The van der Waals surface area contributed by atoms with Gasteiger partial charge in [0.05, 0.1) is 5.49 Å². The van der Waals surface area contributed by atoms with Gasteiger partial charge in [0.25, 0.3) is 0 Å². The zero-order valence-electron chi connectivity index (χ0n) is 9.17. The van der Waals surface area contributed by atoms with Crippen molar-refractivity contribution in [2.45, 2.75) is 6.29 Å². The lowest BCUT2D eigenvalue weighted by Crippen LogP contribution is -2.53. The molecule has 0 bridgehead atoms. The van der Waals surface area contributed by atoms with Gasteiger partial charge in [0.1, 0.15) is 5.82 Å². The first-order chi connectivity index (χ1) is 8.17. The molecule has 1 aromatic rings. The van der Waals surface area contributed by atoms with Crippen molar-refractivity contribution in [1.29, 1.82) is 0 Å². The molecular weight excluding hydrogens is 241 g/mol. The van der Waals surface area contributed by atoms with E-state index in [-0.39, 0.29) is 5.82 Å². The fraction of sp³-hybridized carbons (Fsp3) is 0.200. The number of rotatable bonds is 3. The second kappa shape index (κ2) is 4.84. The summed E-state index contributed by atoms with van der Waals surface area (Å²) in [6, 6.07) is 6.00. The smallest absolute Gasteiger partial charge is 0.187 e. The molecule has 1 aliphatic rings. The molecule has 17 heavy (non-hydrogen) atoms. The second-order valence-electron chi connectivity index (χ2n) is 3.39. The molecule has 0 aliphatic carbocycles. The number of amidine groups is 1. The number of nitrogens with one attached hydrogen (secondary N) is 1. The summed E-state index contributed by atoms with van der Waals surface area (Å²) in [5, 5.41) is 3.18. The summed E-state index contributed by atoms with van der Waals surface area (Å²) in [7, 11) is 1.72. The SMILES string of the molecule is CNN1C(N)N=C(c2ccc(F)cc2)N1C=S. The molecule has 1 aromatic carbocycles. The number of hydrogen-bond acceptors (Lipinski definition) is 5. The Morgan fingerprint density at radius 2 is 2.12 bits per heavy atom. The third-order valence-electron chi connectivity index (χ3n) is 2.39. The van der Waals surface area contributed by atoms with Gasteiger partial charge in [-0.2, -0.15) is 0 Å². The largest absolute Gasteiger partial charge is 0.295 e. The maximum absolute atomic E-state index is 12.8. The summed E-state index contributed by atoms with van der Waals surface area (Å²) in [6.45, 7) is 0. The highest BCUT2D eigenvalue weighted by Gasteiger charge is 2.30. The van der Waals surface area contributed by atoms with Crippen LogP contribution in [0.4, 0.5) is 4.39 Å². The molecule has 5 nitrogen and oxygen atoms in total. The van der Waals surface area contributed by atoms with Gasteiger partial charge in [0.2, 0.25) is 0 Å². The molecular formula is C10H12FN5S. The van der Waals surface area contributed by atoms with Gasteiger partial charge in [-0.05, 0) is 24.3 Å². The molecule has 0 saturated carbocycles. The molecule has 1 aliphatic heterocycles. The molecule has 7 heteroatoms. The molecule has 0 saturated heterocycles. The lowest BCUT2D eigenvalue weighted by Gasteiger charge is -2.27. The van der Waals surface area contributed by atoms with Gasteiger partial charge < -0.3 is 0 Å². The van der Waals surface area contributed by atoms with Crippen LogP contribution < -0.4 is 11.2 Å². The van der Waals surface area contributed by atoms with Crippen LogP contribution >= 0.6 is 12.2 Å². The van der Waals surface area contributed by atoms with E-state index in [0.29, 0.717) is 5.84 Å². The zero-order valence-corrected chi connectivity index (χ0v) is 9.99. The van der Waals surface area contributed by atoms with E-state index in [9.17, 15) is 4.39 Å². The number of nitrogens with zero attached hydrogens (tertiary/aromatic N) is 3. The van der Waals surface area contributed by atoms with Crippen molar-refractivity contribution in [2.24, 2.45) is 10.7 Å². The maximum Gasteiger partial charge on any atom is 0.187 e. The maximum atomic E-state index is 12.8. The number of thiocarbonyl (C=S) groups is 1. The van der Waals surface area contributed by atoms with E-state index in [4.69, 9.17) is 18.0 Å². The van der Waals surface area contributed by atoms with Crippen molar-refractivity contribution in [3.8, 4) is 0 Å². The van der Waals surface area contributed by atoms with Crippen LogP contribution in [0.25, 0.3) is 0 Å². The van der Waals surface area contributed by atoms with Crippen LogP contribution in [-0.4, -0.2) is 34.8 Å². The van der Waals surface area contributed by atoms with Gasteiger partial charge in [-0.25, -0.2) is 19.8 Å². The minimum absolute atomic E-state index is 0.295. The van der Waals surface area contributed by atoms with E-state index < -0.39 is 6.29 Å². The van der Waals surface area contributed by atoms with Crippen LogP contribution in [0.3, 0.4) is 0 Å². The second-order valence-corrected chi connectivity index (χ2v) is 3.60. The predicted octanol–water partition coefficient (Wildman–Crippen LogP) is 0.439. The third kappa shape index (κ3) is 2.18. The Balaban J connectivity index is 2.35. The van der Waals surface area contributed by atoms with Gasteiger partial charge >= 0.3 is 0 Å². The lowest BCUT2D eigenvalue weighted by molar-refractivity contribution is 0.0406. The van der Waals surface area contributed by atoms with Crippen molar-refractivity contribution in [2.75, 3.05) is 7.05 Å². The van der Waals surface area contributed by atoms with Crippen molar-refractivity contribution in [3.63, 3.8) is 0 Å². The molecule has 1 atom stereocenters. The lowest BCUT2D eigenvalue weighted by atomic mass is 10.2. The van der Waals surface area contributed by atoms with E-state index in [2.05, 4.69) is 10.4 Å². The van der Waals surface area contributed by atoms with E-state index in [1.165, 1.54) is 17.6 Å². The molecule has 90 valence electrons. The quantitative estimate of drug-likeness (QED) is 0.766. The van der Waals surface area contributed by atoms with Crippen LogP contribution in [0.15, 0.2) is 29.3 Å². The van der Waals surface area contributed by atoms with Crippen molar-refractivity contribution in [1.82, 2.24) is 15.6 Å². The number of hydrazine groups is 2. The highest BCUT2D eigenvalue weighted by atomic mass is 32.1. The van der Waals surface area contributed by atoms with Crippen molar-refractivity contribution in [3.05, 3.63) is 35.6 Å². The van der Waals surface area contributed by atoms with Crippen molar-refractivity contribution < 1.29 is 4.39 Å². The molecule has 0 spiro atoms. The average molecular weight is 253 g/mol. The topological polar surface area (TPSA) is 56.9 Å². The summed E-state index contributed by atoms with van der Waals surface area (Å²) < 4.78 is 12.8. The minimum Gasteiger partial charge on any atom is -0.295 e. The van der Waals surface area contributed by atoms with Crippen LogP contribution in [0.1, 0.15) is 5.56 Å². The highest BCUT2D eigenvalue weighted by molar-refractivity contribution is 7.78. The van der Waals surface area contributed by atoms with E-state index in [1.54, 1.807) is 29.3 Å². The molecule has 2 rings (SSSR count). The van der Waals surface area contributed by atoms with Crippen LogP contribution in [0.5, 0.6) is 0 Å². The first kappa shape index (κ1) is 12.1. The fourth-order valence-corrected chi connectivity index (χ4v) is 1.82. The zero-order chi connectivity index (χ0) is 12.4. The Kier molecular flexibility index (Phi) is 3.43. The van der Waals surface area contributed by atoms with Crippen LogP contribution in [-0.2, 0) is 0 Å². The van der Waals surface area contributed by atoms with E-state index in [1.807, 2.05) is 0 Å². The molecule has 0 fully saturated rings. The summed E-state index contributed by atoms with van der Waals surface area (Å²) in [5.41, 5.74) is 10.9. The summed E-state index contributed by atoms with van der Waals surface area (Å²) in [6.07, 6.45) is -0.556. The molecule has 0 radical (unpaired) electrons. The van der Waals surface area contributed by atoms with E-state index >= 15 is 0 Å². The highest BCUT2D eigenvalue weighted by Crippen LogP contribution is 2.15. The first-order valence-corrected chi connectivity index (χ1v) is 5.45. The number of halogens is 1. The van der Waals surface area contributed by atoms with Gasteiger partial charge in [-0.15, -0.1) is 5.12 Å². The van der Waals surface area contributed by atoms with Crippen LogP contribution in [0, 0.1) is 5.82 Å². The molecule has 3 N–H and O–H groups in total. The van der Waals surface area contributed by atoms with Gasteiger partial charge in [0.15, 0.2) is 12.1 Å². The Hall–Kier alpha value is -1.41. The number of nitrogens with two attached hydrogens (primary N) is 1. The average Bonchev–Trinajstić information content (AvgIpc) is 2.66. The van der Waals surface area contributed by atoms with E-state index in [0.717, 1.165) is 5.56 Å². The monoisotopic (exact) mass is 253 g/mol. The van der Waals surface area contributed by atoms with Crippen LogP contribution in [0.2, 0.25) is 0 Å². The molecule has 0 aromatic heterocycles.